The molecule has 1 aliphatic heterocycles. The van der Waals surface area contributed by atoms with Gasteiger partial charge in [-0.05, 0) is 0 Å². The van der Waals surface area contributed by atoms with Gasteiger partial charge in [-0.3, -0.25) is 4.79 Å². The SMILES string of the molecule is O=CC1C[C@H](O)[C@H](O)C(=O)O1. The summed E-state index contributed by atoms with van der Waals surface area (Å²) in [7, 11) is 0. The van der Waals surface area contributed by atoms with Crippen LogP contribution in [0.3, 0.4) is 0 Å². The highest BCUT2D eigenvalue weighted by molar-refractivity contribution is 5.78. The van der Waals surface area contributed by atoms with Gasteiger partial charge in [0.25, 0.3) is 0 Å². The predicted octanol–water partition coefficient (Wildman–Crippen LogP) is -1.78. The smallest absolute Gasteiger partial charge is 0.338 e. The Bertz CT molecular complexity index is 178. The summed E-state index contributed by atoms with van der Waals surface area (Å²) in [5, 5.41) is 17.8. The summed E-state index contributed by atoms with van der Waals surface area (Å²) in [5.41, 5.74) is 0. The van der Waals surface area contributed by atoms with Crippen molar-refractivity contribution in [2.75, 3.05) is 0 Å². The van der Waals surface area contributed by atoms with E-state index < -0.39 is 24.3 Å². The quantitative estimate of drug-likeness (QED) is 0.350. The molecular weight excluding hydrogens is 152 g/mol. The molecule has 2 N–H and O–H groups in total. The van der Waals surface area contributed by atoms with Crippen molar-refractivity contribution in [2.24, 2.45) is 0 Å². The molecule has 0 aliphatic carbocycles. The molecule has 0 bridgehead atoms. The average Bonchev–Trinajstić information content (AvgIpc) is 1.99. The Morgan fingerprint density at radius 1 is 1.55 bits per heavy atom. The Morgan fingerprint density at radius 2 is 2.18 bits per heavy atom. The third-order valence-corrected chi connectivity index (χ3v) is 1.50. The number of esters is 1. The van der Waals surface area contributed by atoms with Crippen LogP contribution in [-0.2, 0) is 14.3 Å². The standard InChI is InChI=1S/C6H8O5/c7-2-3-1-4(8)5(9)6(10)11-3/h2-5,8-9H,1H2/t3?,4-,5-/m0/s1. The van der Waals surface area contributed by atoms with E-state index in [1.165, 1.54) is 0 Å². The Labute approximate surface area is 62.6 Å². The highest BCUT2D eigenvalue weighted by Crippen LogP contribution is 2.13. The molecule has 0 aromatic heterocycles. The first kappa shape index (κ1) is 8.16. The maximum atomic E-state index is 10.6. The van der Waals surface area contributed by atoms with Gasteiger partial charge < -0.3 is 14.9 Å². The molecule has 1 unspecified atom stereocenters. The molecule has 0 amide bonds. The van der Waals surface area contributed by atoms with Gasteiger partial charge in [0, 0.05) is 6.42 Å². The van der Waals surface area contributed by atoms with Crippen LogP contribution in [0.1, 0.15) is 6.42 Å². The molecule has 0 aromatic carbocycles. The van der Waals surface area contributed by atoms with Gasteiger partial charge in [0.05, 0.1) is 6.10 Å². The molecule has 0 aromatic rings. The van der Waals surface area contributed by atoms with E-state index in [9.17, 15) is 9.59 Å². The fourth-order valence-corrected chi connectivity index (χ4v) is 0.874. The third kappa shape index (κ3) is 1.55. The van der Waals surface area contributed by atoms with Crippen molar-refractivity contribution in [1.82, 2.24) is 0 Å². The van der Waals surface area contributed by atoms with Crippen LogP contribution >= 0.6 is 0 Å². The minimum Gasteiger partial charge on any atom is -0.453 e. The number of cyclic esters (lactones) is 1. The summed E-state index contributed by atoms with van der Waals surface area (Å²) < 4.78 is 4.40. The van der Waals surface area contributed by atoms with Crippen LogP contribution in [0.15, 0.2) is 0 Å². The molecule has 1 fully saturated rings. The molecule has 0 spiro atoms. The molecular formula is C6H8O5. The zero-order valence-corrected chi connectivity index (χ0v) is 5.64. The van der Waals surface area contributed by atoms with E-state index in [1.54, 1.807) is 0 Å². The van der Waals surface area contributed by atoms with E-state index in [0.29, 0.717) is 6.29 Å². The van der Waals surface area contributed by atoms with Crippen molar-refractivity contribution in [3.63, 3.8) is 0 Å². The van der Waals surface area contributed by atoms with Crippen molar-refractivity contribution < 1.29 is 24.5 Å². The van der Waals surface area contributed by atoms with Crippen molar-refractivity contribution in [1.29, 1.82) is 0 Å². The summed E-state index contributed by atoms with van der Waals surface area (Å²) in [6.45, 7) is 0. The maximum absolute atomic E-state index is 10.6. The first-order chi connectivity index (χ1) is 5.15. The lowest BCUT2D eigenvalue weighted by atomic mass is 10.0. The zero-order valence-electron chi connectivity index (χ0n) is 5.64. The number of rotatable bonds is 1. The Kier molecular flexibility index (Phi) is 2.21. The number of aldehydes is 1. The van der Waals surface area contributed by atoms with Crippen LogP contribution in [0, 0.1) is 0 Å². The second-order valence-corrected chi connectivity index (χ2v) is 2.36. The van der Waals surface area contributed by atoms with E-state index in [0.717, 1.165) is 0 Å². The Morgan fingerprint density at radius 3 is 2.64 bits per heavy atom. The van der Waals surface area contributed by atoms with E-state index in [1.807, 2.05) is 0 Å². The van der Waals surface area contributed by atoms with Crippen LogP contribution in [0.25, 0.3) is 0 Å². The second kappa shape index (κ2) is 2.98. The zero-order chi connectivity index (χ0) is 8.43. The van der Waals surface area contributed by atoms with Gasteiger partial charge in [-0.2, -0.15) is 0 Å². The maximum Gasteiger partial charge on any atom is 0.338 e. The predicted molar refractivity (Wildman–Crippen MR) is 32.6 cm³/mol. The third-order valence-electron chi connectivity index (χ3n) is 1.50. The summed E-state index contributed by atoms with van der Waals surface area (Å²) >= 11 is 0. The van der Waals surface area contributed by atoms with Gasteiger partial charge in [0.2, 0.25) is 0 Å². The van der Waals surface area contributed by atoms with Gasteiger partial charge in [-0.25, -0.2) is 4.79 Å². The molecule has 1 heterocycles. The van der Waals surface area contributed by atoms with Crippen LogP contribution in [0.4, 0.5) is 0 Å². The topological polar surface area (TPSA) is 83.8 Å². The number of aliphatic hydroxyl groups excluding tert-OH is 2. The van der Waals surface area contributed by atoms with Crippen molar-refractivity contribution in [3.05, 3.63) is 0 Å². The highest BCUT2D eigenvalue weighted by atomic mass is 16.6. The number of hydrogen-bond acceptors (Lipinski definition) is 5. The van der Waals surface area contributed by atoms with E-state index in [-0.39, 0.29) is 6.42 Å². The summed E-state index contributed by atoms with van der Waals surface area (Å²) in [5.74, 6) is -0.944. The normalized spacial score (nSPS) is 38.0. The average molecular weight is 160 g/mol. The molecule has 0 radical (unpaired) electrons. The lowest BCUT2D eigenvalue weighted by Gasteiger charge is -2.25. The molecule has 1 saturated heterocycles. The van der Waals surface area contributed by atoms with Crippen molar-refractivity contribution in [2.45, 2.75) is 24.7 Å². The van der Waals surface area contributed by atoms with E-state index >= 15 is 0 Å². The van der Waals surface area contributed by atoms with Crippen LogP contribution in [-0.4, -0.2) is 40.8 Å². The van der Waals surface area contributed by atoms with Crippen LogP contribution in [0.2, 0.25) is 0 Å². The van der Waals surface area contributed by atoms with Crippen LogP contribution < -0.4 is 0 Å². The molecule has 3 atom stereocenters. The lowest BCUT2D eigenvalue weighted by Crippen LogP contribution is -2.45. The minimum atomic E-state index is -1.51. The highest BCUT2D eigenvalue weighted by Gasteiger charge is 2.35. The van der Waals surface area contributed by atoms with E-state index in [2.05, 4.69) is 4.74 Å². The number of carbonyl (C=O) groups is 2. The first-order valence-electron chi connectivity index (χ1n) is 3.17. The summed E-state index contributed by atoms with van der Waals surface area (Å²) in [6, 6.07) is 0. The fourth-order valence-electron chi connectivity index (χ4n) is 0.874. The van der Waals surface area contributed by atoms with Gasteiger partial charge >= 0.3 is 5.97 Å². The van der Waals surface area contributed by atoms with Gasteiger partial charge in [-0.1, -0.05) is 0 Å². The second-order valence-electron chi connectivity index (χ2n) is 2.36. The van der Waals surface area contributed by atoms with E-state index in [4.69, 9.17) is 10.2 Å². The number of hydrogen-bond donors (Lipinski definition) is 2. The van der Waals surface area contributed by atoms with Crippen LogP contribution in [0.5, 0.6) is 0 Å². The first-order valence-corrected chi connectivity index (χ1v) is 3.17. The molecule has 1 aliphatic rings. The number of carbonyl (C=O) groups excluding carboxylic acids is 2. The van der Waals surface area contributed by atoms with Crippen molar-refractivity contribution in [3.8, 4) is 0 Å². The molecule has 11 heavy (non-hydrogen) atoms. The number of aliphatic hydroxyl groups is 2. The van der Waals surface area contributed by atoms with Crippen molar-refractivity contribution >= 4 is 12.3 Å². The fraction of sp³-hybridized carbons (Fsp3) is 0.667. The lowest BCUT2D eigenvalue weighted by molar-refractivity contribution is -0.179. The molecule has 5 nitrogen and oxygen atoms in total. The minimum absolute atomic E-state index is 0.0313. The molecule has 1 rings (SSSR count). The largest absolute Gasteiger partial charge is 0.453 e. The van der Waals surface area contributed by atoms with Gasteiger partial charge in [0.1, 0.15) is 0 Å². The molecule has 62 valence electrons. The monoisotopic (exact) mass is 160 g/mol. The van der Waals surface area contributed by atoms with Gasteiger partial charge in [-0.15, -0.1) is 0 Å². The van der Waals surface area contributed by atoms with Gasteiger partial charge in [0.15, 0.2) is 18.5 Å². The number of ether oxygens (including phenoxy) is 1. The Hall–Kier alpha value is -0.940. The Balaban J connectivity index is 2.61. The molecule has 5 heteroatoms. The summed E-state index contributed by atoms with van der Waals surface area (Å²) in [4.78, 5) is 20.7. The molecule has 0 saturated carbocycles. The summed E-state index contributed by atoms with van der Waals surface area (Å²) in [6.07, 6.45) is -3.22.